The van der Waals surface area contributed by atoms with E-state index in [0.717, 1.165) is 5.56 Å². The molecule has 0 amide bonds. The van der Waals surface area contributed by atoms with Gasteiger partial charge in [0, 0.05) is 16.6 Å². The zero-order valence-electron chi connectivity index (χ0n) is 10.7. The maximum Gasteiger partial charge on any atom is 0.240 e. The van der Waals surface area contributed by atoms with E-state index in [-0.39, 0.29) is 11.4 Å². The van der Waals surface area contributed by atoms with Crippen LogP contribution < -0.4 is 4.72 Å². The zero-order valence-corrected chi connectivity index (χ0v) is 13.1. The first-order chi connectivity index (χ1) is 9.38. The molecule has 0 fully saturated rings. The topological polar surface area (TPSA) is 46.2 Å². The Hall–Kier alpha value is -1.07. The first-order valence-corrected chi connectivity index (χ1v) is 8.13. The standard InChI is InChI=1S/C14H13Cl2NO2S/c1-10-3-2-4-13(7-10)20(18,19)17-9-11-5-6-12(15)8-14(11)16/h2-8,17H,9H2,1H3. The van der Waals surface area contributed by atoms with E-state index in [9.17, 15) is 8.42 Å². The zero-order chi connectivity index (χ0) is 14.8. The minimum atomic E-state index is -3.55. The van der Waals surface area contributed by atoms with Crippen molar-refractivity contribution in [3.63, 3.8) is 0 Å². The van der Waals surface area contributed by atoms with Crippen LogP contribution in [0.5, 0.6) is 0 Å². The van der Waals surface area contributed by atoms with Crippen molar-refractivity contribution in [3.05, 3.63) is 63.6 Å². The van der Waals surface area contributed by atoms with Gasteiger partial charge in [-0.15, -0.1) is 0 Å². The molecule has 2 aromatic rings. The van der Waals surface area contributed by atoms with Crippen molar-refractivity contribution < 1.29 is 8.42 Å². The van der Waals surface area contributed by atoms with Crippen molar-refractivity contribution in [1.82, 2.24) is 4.72 Å². The second-order valence-corrected chi connectivity index (χ2v) is 6.99. The summed E-state index contributed by atoms with van der Waals surface area (Å²) in [6.07, 6.45) is 0. The fraction of sp³-hybridized carbons (Fsp3) is 0.143. The molecular weight excluding hydrogens is 317 g/mol. The summed E-state index contributed by atoms with van der Waals surface area (Å²) in [5, 5.41) is 0.949. The average molecular weight is 330 g/mol. The Bertz CT molecular complexity index is 730. The molecule has 1 N–H and O–H groups in total. The summed E-state index contributed by atoms with van der Waals surface area (Å²) in [6.45, 7) is 1.96. The maximum atomic E-state index is 12.2. The molecule has 106 valence electrons. The Kier molecular flexibility index (Phi) is 4.70. The third kappa shape index (κ3) is 3.73. The molecule has 0 bridgehead atoms. The van der Waals surface area contributed by atoms with Gasteiger partial charge in [0.1, 0.15) is 0 Å². The van der Waals surface area contributed by atoms with E-state index in [4.69, 9.17) is 23.2 Å². The SMILES string of the molecule is Cc1cccc(S(=O)(=O)NCc2ccc(Cl)cc2Cl)c1. The van der Waals surface area contributed by atoms with Gasteiger partial charge >= 0.3 is 0 Å². The molecule has 0 saturated carbocycles. The van der Waals surface area contributed by atoms with E-state index in [1.807, 2.05) is 13.0 Å². The number of hydrogen-bond acceptors (Lipinski definition) is 2. The van der Waals surface area contributed by atoms with E-state index >= 15 is 0 Å². The van der Waals surface area contributed by atoms with Crippen LogP contribution in [-0.4, -0.2) is 8.42 Å². The maximum absolute atomic E-state index is 12.2. The van der Waals surface area contributed by atoms with Crippen LogP contribution in [0.25, 0.3) is 0 Å². The Morgan fingerprint density at radius 1 is 1.10 bits per heavy atom. The van der Waals surface area contributed by atoms with Gasteiger partial charge in [0.25, 0.3) is 0 Å². The molecule has 0 radical (unpaired) electrons. The molecule has 0 heterocycles. The van der Waals surface area contributed by atoms with Crippen LogP contribution in [0.3, 0.4) is 0 Å². The third-order valence-electron chi connectivity index (χ3n) is 2.77. The number of aryl methyl sites for hydroxylation is 1. The molecule has 0 atom stereocenters. The van der Waals surface area contributed by atoms with Crippen LogP contribution in [0.1, 0.15) is 11.1 Å². The summed E-state index contributed by atoms with van der Waals surface area (Å²) < 4.78 is 26.8. The Balaban J connectivity index is 2.17. The van der Waals surface area contributed by atoms with Crippen molar-refractivity contribution in [2.45, 2.75) is 18.4 Å². The highest BCUT2D eigenvalue weighted by Gasteiger charge is 2.14. The third-order valence-corrected chi connectivity index (χ3v) is 4.75. The fourth-order valence-electron chi connectivity index (χ4n) is 1.70. The molecule has 2 aromatic carbocycles. The van der Waals surface area contributed by atoms with Crippen LogP contribution in [0.4, 0.5) is 0 Å². The van der Waals surface area contributed by atoms with E-state index in [1.165, 1.54) is 0 Å². The van der Waals surface area contributed by atoms with Crippen molar-refractivity contribution in [2.75, 3.05) is 0 Å². The van der Waals surface area contributed by atoms with E-state index < -0.39 is 10.0 Å². The van der Waals surface area contributed by atoms with Gasteiger partial charge in [0.2, 0.25) is 10.0 Å². The molecule has 2 rings (SSSR count). The molecule has 20 heavy (non-hydrogen) atoms. The summed E-state index contributed by atoms with van der Waals surface area (Å²) in [5.41, 5.74) is 1.56. The average Bonchev–Trinajstić information content (AvgIpc) is 2.37. The van der Waals surface area contributed by atoms with Crippen molar-refractivity contribution in [3.8, 4) is 0 Å². The van der Waals surface area contributed by atoms with Gasteiger partial charge in [0.05, 0.1) is 4.90 Å². The number of hydrogen-bond donors (Lipinski definition) is 1. The quantitative estimate of drug-likeness (QED) is 0.927. The van der Waals surface area contributed by atoms with E-state index in [1.54, 1.807) is 36.4 Å². The molecule has 0 aliphatic heterocycles. The molecule has 0 spiro atoms. The minimum absolute atomic E-state index is 0.117. The fourth-order valence-corrected chi connectivity index (χ4v) is 3.29. The number of sulfonamides is 1. The van der Waals surface area contributed by atoms with Gasteiger partial charge in [-0.3, -0.25) is 0 Å². The van der Waals surface area contributed by atoms with Crippen LogP contribution in [0.15, 0.2) is 47.4 Å². The molecule has 0 aliphatic carbocycles. The molecular formula is C14H13Cl2NO2S. The number of nitrogens with one attached hydrogen (secondary N) is 1. The second-order valence-electron chi connectivity index (χ2n) is 4.38. The predicted molar refractivity (Wildman–Crippen MR) is 81.7 cm³/mol. The van der Waals surface area contributed by atoms with Crippen molar-refractivity contribution >= 4 is 33.2 Å². The minimum Gasteiger partial charge on any atom is -0.207 e. The summed E-state index contributed by atoms with van der Waals surface area (Å²) in [6, 6.07) is 11.7. The number of rotatable bonds is 4. The monoisotopic (exact) mass is 329 g/mol. The molecule has 6 heteroatoms. The lowest BCUT2D eigenvalue weighted by molar-refractivity contribution is 0.581. The van der Waals surface area contributed by atoms with Crippen LogP contribution in [-0.2, 0) is 16.6 Å². The van der Waals surface area contributed by atoms with Crippen LogP contribution in [0.2, 0.25) is 10.0 Å². The lowest BCUT2D eigenvalue weighted by Crippen LogP contribution is -2.23. The largest absolute Gasteiger partial charge is 0.240 e. The van der Waals surface area contributed by atoms with Crippen LogP contribution >= 0.6 is 23.2 Å². The Morgan fingerprint density at radius 3 is 2.50 bits per heavy atom. The van der Waals surface area contributed by atoms with E-state index in [2.05, 4.69) is 4.72 Å². The lowest BCUT2D eigenvalue weighted by atomic mass is 10.2. The van der Waals surface area contributed by atoms with E-state index in [0.29, 0.717) is 15.6 Å². The Morgan fingerprint density at radius 2 is 1.85 bits per heavy atom. The normalized spacial score (nSPS) is 11.6. The van der Waals surface area contributed by atoms with Gasteiger partial charge in [-0.2, -0.15) is 0 Å². The predicted octanol–water partition coefficient (Wildman–Crippen LogP) is 3.78. The molecule has 0 aromatic heterocycles. The lowest BCUT2D eigenvalue weighted by Gasteiger charge is -2.09. The van der Waals surface area contributed by atoms with Crippen molar-refractivity contribution in [2.24, 2.45) is 0 Å². The van der Waals surface area contributed by atoms with Crippen molar-refractivity contribution in [1.29, 1.82) is 0 Å². The number of benzene rings is 2. The molecule has 3 nitrogen and oxygen atoms in total. The highest BCUT2D eigenvalue weighted by molar-refractivity contribution is 7.89. The van der Waals surface area contributed by atoms with Gasteiger partial charge < -0.3 is 0 Å². The highest BCUT2D eigenvalue weighted by Crippen LogP contribution is 2.21. The molecule has 0 saturated heterocycles. The van der Waals surface area contributed by atoms with Gasteiger partial charge in [0.15, 0.2) is 0 Å². The van der Waals surface area contributed by atoms with Gasteiger partial charge in [-0.1, -0.05) is 41.4 Å². The summed E-state index contributed by atoms with van der Waals surface area (Å²) >= 11 is 11.8. The summed E-state index contributed by atoms with van der Waals surface area (Å²) in [5.74, 6) is 0. The molecule has 0 aliphatic rings. The first kappa shape index (κ1) is 15.3. The van der Waals surface area contributed by atoms with Gasteiger partial charge in [-0.05, 0) is 42.3 Å². The summed E-state index contributed by atoms with van der Waals surface area (Å²) in [7, 11) is -3.55. The van der Waals surface area contributed by atoms with Crippen LogP contribution in [0, 0.1) is 6.92 Å². The second kappa shape index (κ2) is 6.14. The van der Waals surface area contributed by atoms with Gasteiger partial charge in [-0.25, -0.2) is 13.1 Å². The smallest absolute Gasteiger partial charge is 0.207 e. The Labute approximate surface area is 128 Å². The first-order valence-electron chi connectivity index (χ1n) is 5.89. The highest BCUT2D eigenvalue weighted by atomic mass is 35.5. The number of halogens is 2. The molecule has 0 unspecified atom stereocenters. The summed E-state index contributed by atoms with van der Waals surface area (Å²) in [4.78, 5) is 0.239.